The van der Waals surface area contributed by atoms with Crippen LogP contribution in [-0.4, -0.2) is 16.0 Å². The molecule has 200 valence electrons. The van der Waals surface area contributed by atoms with Crippen LogP contribution >= 0.6 is 0 Å². The van der Waals surface area contributed by atoms with Gasteiger partial charge in [0, 0.05) is 0 Å². The molecule has 6 nitrogen and oxygen atoms in total. The summed E-state index contributed by atoms with van der Waals surface area (Å²) in [5.41, 5.74) is 0. The zero-order valence-corrected chi connectivity index (χ0v) is 24.3. The Morgan fingerprint density at radius 1 is 0.559 bits per heavy atom. The maximum atomic E-state index is 14.4. The number of carbonyl (C=O) groups is 3. The number of hydrogen-bond acceptors (Lipinski definition) is 6. The van der Waals surface area contributed by atoms with Crippen molar-refractivity contribution in [1.29, 1.82) is 0 Å². The predicted octanol–water partition coefficient (Wildman–Crippen LogP) is 8.37. The second-order valence-electron chi connectivity index (χ2n) is 10.1. The van der Waals surface area contributed by atoms with Gasteiger partial charge in [0.2, 0.25) is 0 Å². The summed E-state index contributed by atoms with van der Waals surface area (Å²) in [6, 6.07) is 0. The average Bonchev–Trinajstić information content (AvgIpc) is 2.78. The molecule has 0 radical (unpaired) electrons. The maximum absolute atomic E-state index is 14.4. The van der Waals surface area contributed by atoms with Gasteiger partial charge in [-0.05, 0) is 0 Å². The predicted molar refractivity (Wildman–Crippen MR) is 133 cm³/mol. The van der Waals surface area contributed by atoms with Crippen molar-refractivity contribution in [3.63, 3.8) is 0 Å². The van der Waals surface area contributed by atoms with Crippen LogP contribution in [0.3, 0.4) is 0 Å². The van der Waals surface area contributed by atoms with Crippen molar-refractivity contribution < 1.29 is 40.4 Å². The molecular formula is C27H52O6Ti. The minimum absolute atomic E-state index is 0.0101. The van der Waals surface area contributed by atoms with Crippen molar-refractivity contribution in [1.82, 2.24) is 0 Å². The third-order valence-corrected chi connectivity index (χ3v) is 13.6. The first-order valence-electron chi connectivity index (χ1n) is 14.0. The Kier molecular flexibility index (Phi) is 17.9. The molecule has 7 heteroatoms. The normalized spacial score (nSPS) is 12.1. The molecular weight excluding hydrogens is 468 g/mol. The van der Waals surface area contributed by atoms with Crippen molar-refractivity contribution in [2.75, 3.05) is 0 Å². The topological polar surface area (TPSA) is 86.7 Å². The number of unbranched alkanes of at least 4 members (excludes halogenated alkanes) is 12. The third-order valence-electron chi connectivity index (χ3n) is 6.59. The van der Waals surface area contributed by atoms with E-state index in [2.05, 4.69) is 20.8 Å². The Hall–Kier alpha value is -0.876. The quantitative estimate of drug-likeness (QED) is 0.105. The summed E-state index contributed by atoms with van der Waals surface area (Å²) in [7, 11) is 0. The van der Waals surface area contributed by atoms with Crippen LogP contribution in [0.2, 0.25) is 4.22 Å². The van der Waals surface area contributed by atoms with Crippen LogP contribution in [-0.2, 0) is 40.4 Å². The molecule has 0 atom stereocenters. The fourth-order valence-corrected chi connectivity index (χ4v) is 8.89. The summed E-state index contributed by atoms with van der Waals surface area (Å²) in [6.07, 6.45) is 14.1. The monoisotopic (exact) mass is 520 g/mol. The molecule has 0 N–H and O–H groups in total. The molecule has 0 aliphatic carbocycles. The Balaban J connectivity index is 5.43. The van der Waals surface area contributed by atoms with Crippen LogP contribution in [0.15, 0.2) is 0 Å². The summed E-state index contributed by atoms with van der Waals surface area (Å²) >= 11 is -6.30. The van der Waals surface area contributed by atoms with Crippen molar-refractivity contribution >= 4 is 16.0 Å². The van der Waals surface area contributed by atoms with Crippen LogP contribution in [0.4, 0.5) is 0 Å². The van der Waals surface area contributed by atoms with Crippen molar-refractivity contribution in [3.05, 3.63) is 0 Å². The molecule has 0 saturated heterocycles. The SMILES string of the molecule is CCCCCCCC(=O)[O][Ti](=[O])([O]C(=O)CCCCCCC)([C](=O)CCCCCCC)[CH](C)C. The summed E-state index contributed by atoms with van der Waals surface area (Å²) in [4.78, 5) is 38.8. The van der Waals surface area contributed by atoms with Crippen molar-refractivity contribution in [2.24, 2.45) is 0 Å². The first-order valence-corrected chi connectivity index (χ1v) is 17.6. The molecule has 0 aliphatic rings. The van der Waals surface area contributed by atoms with Gasteiger partial charge in [0.25, 0.3) is 0 Å². The van der Waals surface area contributed by atoms with E-state index in [1.807, 2.05) is 0 Å². The first-order chi connectivity index (χ1) is 16.1. The van der Waals surface area contributed by atoms with Gasteiger partial charge in [-0.2, -0.15) is 0 Å². The summed E-state index contributed by atoms with van der Waals surface area (Å²) in [6.45, 7) is 9.49. The minimum atomic E-state index is -6.30. The van der Waals surface area contributed by atoms with Gasteiger partial charge in [-0.3, -0.25) is 0 Å². The molecule has 0 rings (SSSR count). The van der Waals surface area contributed by atoms with E-state index in [0.717, 1.165) is 77.0 Å². The van der Waals surface area contributed by atoms with E-state index in [0.29, 0.717) is 19.3 Å². The summed E-state index contributed by atoms with van der Waals surface area (Å²) in [5.74, 6) is -1.38. The standard InChI is InChI=1S/2C8H16O2.C8H15O.C3H7.O.Ti/c2*1-2-3-4-5-6-7-8(9)10;1-2-3-4-5-6-7-8-9;1-3-2;;/h2*2-7H2,1H3,(H,9,10);2-7H2,1H3;3H,1-2H3;;/q;;;;;+2/p-2. The zero-order valence-electron chi connectivity index (χ0n) is 22.8. The third kappa shape index (κ3) is 12.2. The molecule has 34 heavy (non-hydrogen) atoms. The Bertz CT molecular complexity index is 624. The fourth-order valence-electron chi connectivity index (χ4n) is 4.09. The summed E-state index contributed by atoms with van der Waals surface area (Å²) < 4.78 is 24.0. The molecule has 0 aromatic carbocycles. The second kappa shape index (κ2) is 18.4. The van der Waals surface area contributed by atoms with Gasteiger partial charge in [-0.25, -0.2) is 0 Å². The van der Waals surface area contributed by atoms with E-state index in [1.165, 1.54) is 0 Å². The van der Waals surface area contributed by atoms with Crippen LogP contribution in [0.5, 0.6) is 0 Å². The molecule has 0 heterocycles. The van der Waals surface area contributed by atoms with E-state index in [-0.39, 0.29) is 19.3 Å². The molecule has 0 aliphatic heterocycles. The van der Waals surface area contributed by atoms with Crippen molar-refractivity contribution in [2.45, 2.75) is 154 Å². The Morgan fingerprint density at radius 3 is 1.21 bits per heavy atom. The van der Waals surface area contributed by atoms with Gasteiger partial charge in [0.05, 0.1) is 0 Å². The molecule has 0 bridgehead atoms. The van der Waals surface area contributed by atoms with Crippen LogP contribution in [0.1, 0.15) is 150 Å². The van der Waals surface area contributed by atoms with Gasteiger partial charge in [0.1, 0.15) is 0 Å². The number of rotatable bonds is 22. The number of hydrogen-bond donors (Lipinski definition) is 0. The molecule has 0 aromatic rings. The van der Waals surface area contributed by atoms with Gasteiger partial charge in [0.15, 0.2) is 0 Å². The molecule has 0 unspecified atom stereocenters. The second-order valence-corrected chi connectivity index (χ2v) is 16.7. The van der Waals surface area contributed by atoms with E-state index in [9.17, 15) is 17.7 Å². The Morgan fingerprint density at radius 2 is 0.882 bits per heavy atom. The van der Waals surface area contributed by atoms with E-state index in [4.69, 9.17) is 6.64 Å². The van der Waals surface area contributed by atoms with E-state index >= 15 is 0 Å². The van der Waals surface area contributed by atoms with Crippen LogP contribution < -0.4 is 0 Å². The van der Waals surface area contributed by atoms with Gasteiger partial charge >= 0.3 is 211 Å². The molecule has 0 amide bonds. The molecule has 0 spiro atoms. The van der Waals surface area contributed by atoms with Gasteiger partial charge in [-0.1, -0.05) is 0 Å². The van der Waals surface area contributed by atoms with E-state index < -0.39 is 36.3 Å². The molecule has 0 fully saturated rings. The Labute approximate surface area is 210 Å². The van der Waals surface area contributed by atoms with Gasteiger partial charge in [-0.15, -0.1) is 0 Å². The average molecular weight is 521 g/mol. The fraction of sp³-hybridized carbons (Fsp3) is 0.889. The molecule has 0 saturated carbocycles. The summed E-state index contributed by atoms with van der Waals surface area (Å²) in [5, 5.41) is 0. The number of carbonyl (C=O) groups excluding carboxylic acids is 3. The molecule has 0 aromatic heterocycles. The van der Waals surface area contributed by atoms with Gasteiger partial charge < -0.3 is 0 Å². The van der Waals surface area contributed by atoms with Crippen LogP contribution in [0, 0.1) is 0 Å². The van der Waals surface area contributed by atoms with Crippen molar-refractivity contribution in [3.8, 4) is 0 Å². The zero-order chi connectivity index (χ0) is 25.9. The first kappa shape index (κ1) is 33.1. The van der Waals surface area contributed by atoms with E-state index in [1.54, 1.807) is 13.8 Å². The van der Waals surface area contributed by atoms with Crippen LogP contribution in [0.25, 0.3) is 0 Å².